The van der Waals surface area contributed by atoms with Crippen LogP contribution in [0.2, 0.25) is 0 Å². The molecule has 0 aromatic rings. The maximum Gasteiger partial charge on any atom is 0.377 e. The summed E-state index contributed by atoms with van der Waals surface area (Å²) in [6.07, 6.45) is 13.8. The van der Waals surface area contributed by atoms with Gasteiger partial charge in [-0.3, -0.25) is 0 Å². The monoisotopic (exact) mass is 356 g/mol. The molecular weight excluding hydrogens is 326 g/mol. The second-order valence-corrected chi connectivity index (χ2v) is 5.97. The van der Waals surface area contributed by atoms with Crippen molar-refractivity contribution in [3.05, 3.63) is 24.3 Å². The minimum Gasteiger partial charge on any atom is -0.477 e. The molecule has 0 spiro atoms. The zero-order valence-corrected chi connectivity index (χ0v) is 15.0. The van der Waals surface area contributed by atoms with Crippen LogP contribution in [0.1, 0.15) is 71.1 Å². The molecule has 3 nitrogen and oxygen atoms in total. The number of rotatable bonds is 13. The standard InChI is InChI=1S/C20H30F2O3/c1-2-3-4-5-6-7-8-9-10-11-12-13-14-15-16-17-18(23)20(21,22)19(24)25/h9-10,15-16,18,23H,2-6,11-14,17H2,1H3,(H,24,25). The Hall–Kier alpha value is -1.67. The molecule has 0 rings (SSSR count). The molecule has 0 saturated heterocycles. The Kier molecular flexibility index (Phi) is 13.7. The fourth-order valence-corrected chi connectivity index (χ4v) is 2.07. The van der Waals surface area contributed by atoms with Crippen molar-refractivity contribution in [3.63, 3.8) is 0 Å². The first kappa shape index (κ1) is 23.3. The predicted molar refractivity (Wildman–Crippen MR) is 96.5 cm³/mol. The Morgan fingerprint density at radius 3 is 2.40 bits per heavy atom. The van der Waals surface area contributed by atoms with Crippen LogP contribution >= 0.6 is 0 Å². The molecule has 0 amide bonds. The molecule has 0 heterocycles. The van der Waals surface area contributed by atoms with E-state index >= 15 is 0 Å². The fraction of sp³-hybridized carbons (Fsp3) is 0.650. The van der Waals surface area contributed by atoms with E-state index in [0.29, 0.717) is 6.42 Å². The van der Waals surface area contributed by atoms with Crippen LogP contribution in [0, 0.1) is 11.8 Å². The molecule has 142 valence electrons. The van der Waals surface area contributed by atoms with Crippen molar-refractivity contribution >= 4 is 5.97 Å². The molecular formula is C20H30F2O3. The number of hydrogen-bond acceptors (Lipinski definition) is 2. The molecule has 0 bridgehead atoms. The number of allylic oxidation sites excluding steroid dienone is 3. The van der Waals surface area contributed by atoms with Crippen LogP contribution in [0.4, 0.5) is 8.78 Å². The van der Waals surface area contributed by atoms with Gasteiger partial charge in [0.05, 0.1) is 0 Å². The van der Waals surface area contributed by atoms with Crippen molar-refractivity contribution in [2.75, 3.05) is 0 Å². The van der Waals surface area contributed by atoms with Gasteiger partial charge in [-0.25, -0.2) is 4.79 Å². The summed E-state index contributed by atoms with van der Waals surface area (Å²) in [5.74, 6) is -0.270. The minimum atomic E-state index is -4.10. The molecule has 0 radical (unpaired) electrons. The number of carbonyl (C=O) groups is 1. The van der Waals surface area contributed by atoms with E-state index in [-0.39, 0.29) is 6.42 Å². The first-order chi connectivity index (χ1) is 11.9. The van der Waals surface area contributed by atoms with Crippen molar-refractivity contribution in [1.82, 2.24) is 0 Å². The van der Waals surface area contributed by atoms with Crippen molar-refractivity contribution in [1.29, 1.82) is 0 Å². The number of alkyl halides is 2. The van der Waals surface area contributed by atoms with Gasteiger partial charge in [0.25, 0.3) is 0 Å². The van der Waals surface area contributed by atoms with Crippen LogP contribution in [0.3, 0.4) is 0 Å². The van der Waals surface area contributed by atoms with E-state index in [4.69, 9.17) is 10.2 Å². The van der Waals surface area contributed by atoms with Crippen molar-refractivity contribution in [2.45, 2.75) is 83.2 Å². The second kappa shape index (κ2) is 14.7. The number of unbranched alkanes of at least 4 members (excludes halogenated alkanes) is 7. The predicted octanol–water partition coefficient (Wildman–Crippen LogP) is 5.10. The van der Waals surface area contributed by atoms with Crippen molar-refractivity contribution < 1.29 is 23.8 Å². The summed E-state index contributed by atoms with van der Waals surface area (Å²) in [5, 5.41) is 17.4. The van der Waals surface area contributed by atoms with Gasteiger partial charge in [0.2, 0.25) is 0 Å². The van der Waals surface area contributed by atoms with E-state index in [9.17, 15) is 13.6 Å². The minimum absolute atomic E-state index is 0.368. The lowest BCUT2D eigenvalue weighted by atomic mass is 10.1. The largest absolute Gasteiger partial charge is 0.477 e. The summed E-state index contributed by atoms with van der Waals surface area (Å²) in [6.45, 7) is 2.19. The maximum absolute atomic E-state index is 12.9. The molecule has 0 aliphatic heterocycles. The molecule has 0 aliphatic carbocycles. The van der Waals surface area contributed by atoms with Gasteiger partial charge in [-0.05, 0) is 44.6 Å². The molecule has 0 aromatic heterocycles. The van der Waals surface area contributed by atoms with Crippen LogP contribution in [0.5, 0.6) is 0 Å². The smallest absolute Gasteiger partial charge is 0.377 e. The number of aliphatic hydroxyl groups is 1. The highest BCUT2D eigenvalue weighted by Gasteiger charge is 2.46. The van der Waals surface area contributed by atoms with E-state index in [1.807, 2.05) is 12.2 Å². The highest BCUT2D eigenvalue weighted by atomic mass is 19.3. The van der Waals surface area contributed by atoms with Gasteiger partial charge < -0.3 is 10.2 Å². The number of hydrogen-bond donors (Lipinski definition) is 2. The molecule has 0 aromatic carbocycles. The normalized spacial score (nSPS) is 13.1. The van der Waals surface area contributed by atoms with Crippen LogP contribution in [-0.4, -0.2) is 28.2 Å². The Morgan fingerprint density at radius 1 is 1.08 bits per heavy atom. The Balaban J connectivity index is 3.65. The number of carboxylic acid groups (broad SMARTS) is 1. The third-order valence-corrected chi connectivity index (χ3v) is 3.68. The van der Waals surface area contributed by atoms with E-state index < -0.39 is 18.0 Å². The second-order valence-electron chi connectivity index (χ2n) is 5.97. The van der Waals surface area contributed by atoms with Gasteiger partial charge in [-0.15, -0.1) is 0 Å². The summed E-state index contributed by atoms with van der Waals surface area (Å²) in [6, 6.07) is 0. The topological polar surface area (TPSA) is 57.5 Å². The molecule has 2 N–H and O–H groups in total. The quantitative estimate of drug-likeness (QED) is 0.274. The molecule has 5 heteroatoms. The van der Waals surface area contributed by atoms with Gasteiger partial charge in [-0.1, -0.05) is 56.3 Å². The van der Waals surface area contributed by atoms with Crippen LogP contribution in [0.15, 0.2) is 24.3 Å². The van der Waals surface area contributed by atoms with Gasteiger partial charge >= 0.3 is 11.9 Å². The molecule has 1 unspecified atom stereocenters. The number of carboxylic acids is 1. The maximum atomic E-state index is 12.9. The highest BCUT2D eigenvalue weighted by Crippen LogP contribution is 2.21. The van der Waals surface area contributed by atoms with Crippen LogP contribution in [0.25, 0.3) is 0 Å². The first-order valence-electron chi connectivity index (χ1n) is 9.00. The molecule has 0 saturated carbocycles. The first-order valence-corrected chi connectivity index (χ1v) is 9.00. The summed E-state index contributed by atoms with van der Waals surface area (Å²) < 4.78 is 25.8. The van der Waals surface area contributed by atoms with Gasteiger partial charge in [0.1, 0.15) is 6.10 Å². The summed E-state index contributed by atoms with van der Waals surface area (Å²) in [5.41, 5.74) is 0. The molecule has 1 atom stereocenters. The van der Waals surface area contributed by atoms with Gasteiger partial charge in [0, 0.05) is 6.42 Å². The molecule has 0 fully saturated rings. The van der Waals surface area contributed by atoms with Crippen LogP contribution in [-0.2, 0) is 4.79 Å². The lowest BCUT2D eigenvalue weighted by Gasteiger charge is -2.16. The number of aliphatic hydroxyl groups excluding tert-OH is 1. The van der Waals surface area contributed by atoms with Gasteiger partial charge in [-0.2, -0.15) is 8.78 Å². The summed E-state index contributed by atoms with van der Waals surface area (Å²) in [7, 11) is 0. The van der Waals surface area contributed by atoms with Crippen LogP contribution < -0.4 is 0 Å². The number of halogens is 2. The average Bonchev–Trinajstić information content (AvgIpc) is 2.57. The van der Waals surface area contributed by atoms with E-state index in [2.05, 4.69) is 18.8 Å². The van der Waals surface area contributed by atoms with Crippen molar-refractivity contribution in [2.24, 2.45) is 0 Å². The summed E-state index contributed by atoms with van der Waals surface area (Å²) in [4.78, 5) is 10.3. The third kappa shape index (κ3) is 12.4. The van der Waals surface area contributed by atoms with E-state index in [1.165, 1.54) is 25.3 Å². The SMILES string of the molecule is CCCCCCC#CC=CCCCCC=CCC(O)C(F)(F)C(=O)O. The Bertz CT molecular complexity index is 473. The van der Waals surface area contributed by atoms with E-state index in [0.717, 1.165) is 32.1 Å². The lowest BCUT2D eigenvalue weighted by molar-refractivity contribution is -0.181. The lowest BCUT2D eigenvalue weighted by Crippen LogP contribution is -2.40. The zero-order valence-electron chi connectivity index (χ0n) is 15.0. The van der Waals surface area contributed by atoms with Crippen molar-refractivity contribution in [3.8, 4) is 11.8 Å². The zero-order chi connectivity index (χ0) is 19.0. The summed E-state index contributed by atoms with van der Waals surface area (Å²) >= 11 is 0. The highest BCUT2D eigenvalue weighted by molar-refractivity contribution is 5.76. The average molecular weight is 356 g/mol. The number of aliphatic carboxylic acids is 1. The third-order valence-electron chi connectivity index (χ3n) is 3.68. The van der Waals surface area contributed by atoms with Gasteiger partial charge in [0.15, 0.2) is 0 Å². The molecule has 0 aliphatic rings. The Morgan fingerprint density at radius 2 is 1.76 bits per heavy atom. The van der Waals surface area contributed by atoms with E-state index in [1.54, 1.807) is 6.08 Å². The Labute approximate surface area is 149 Å². The fourth-order valence-electron chi connectivity index (χ4n) is 2.07. The molecule has 25 heavy (non-hydrogen) atoms.